The molecule has 3 aromatic heterocycles. The summed E-state index contributed by atoms with van der Waals surface area (Å²) in [7, 11) is 0. The molecule has 0 radical (unpaired) electrons. The molecule has 1 aromatic carbocycles. The first-order valence-corrected chi connectivity index (χ1v) is 9.27. The number of carbonyl (C=O) groups is 1. The molecule has 0 spiro atoms. The highest BCUT2D eigenvalue weighted by Gasteiger charge is 2.13. The first-order chi connectivity index (χ1) is 13.1. The van der Waals surface area contributed by atoms with Crippen LogP contribution in [0.2, 0.25) is 0 Å². The van der Waals surface area contributed by atoms with Crippen LogP contribution in [0.5, 0.6) is 0 Å². The number of amides is 1. The van der Waals surface area contributed by atoms with Crippen LogP contribution < -0.4 is 5.32 Å². The Morgan fingerprint density at radius 2 is 1.93 bits per heavy atom. The predicted octanol–water partition coefficient (Wildman–Crippen LogP) is 5.33. The Balaban J connectivity index is 1.60. The van der Waals surface area contributed by atoms with Gasteiger partial charge in [0.25, 0.3) is 5.91 Å². The SMILES string of the molecule is Cc1cnccc1C(=O)Nc1ccc(-c2cc(-c3ccno3)ccc2C)s1. The molecule has 27 heavy (non-hydrogen) atoms. The van der Waals surface area contributed by atoms with Crippen LogP contribution >= 0.6 is 11.3 Å². The van der Waals surface area contributed by atoms with E-state index in [0.717, 1.165) is 37.9 Å². The summed E-state index contributed by atoms with van der Waals surface area (Å²) in [5.74, 6) is 0.602. The van der Waals surface area contributed by atoms with Crippen molar-refractivity contribution in [3.8, 4) is 21.8 Å². The van der Waals surface area contributed by atoms with Gasteiger partial charge in [-0.25, -0.2) is 0 Å². The molecule has 0 fully saturated rings. The van der Waals surface area contributed by atoms with E-state index in [-0.39, 0.29) is 5.91 Å². The lowest BCUT2D eigenvalue weighted by Crippen LogP contribution is -2.12. The molecule has 0 aliphatic heterocycles. The molecule has 5 nitrogen and oxygen atoms in total. The molecule has 134 valence electrons. The molecule has 0 saturated carbocycles. The van der Waals surface area contributed by atoms with Gasteiger partial charge in [-0.2, -0.15) is 0 Å². The summed E-state index contributed by atoms with van der Waals surface area (Å²) in [6.45, 7) is 3.94. The van der Waals surface area contributed by atoms with Crippen molar-refractivity contribution >= 4 is 22.2 Å². The second-order valence-corrected chi connectivity index (χ2v) is 7.30. The van der Waals surface area contributed by atoms with Crippen molar-refractivity contribution in [3.63, 3.8) is 0 Å². The van der Waals surface area contributed by atoms with Gasteiger partial charge in [-0.1, -0.05) is 17.3 Å². The minimum Gasteiger partial charge on any atom is -0.356 e. The fourth-order valence-corrected chi connectivity index (χ4v) is 3.85. The number of carbonyl (C=O) groups excluding carboxylic acids is 1. The van der Waals surface area contributed by atoms with E-state index in [1.807, 2.05) is 31.2 Å². The van der Waals surface area contributed by atoms with E-state index in [4.69, 9.17) is 4.52 Å². The topological polar surface area (TPSA) is 68.0 Å². The van der Waals surface area contributed by atoms with Crippen LogP contribution in [0.15, 0.2) is 65.6 Å². The maximum absolute atomic E-state index is 12.5. The summed E-state index contributed by atoms with van der Waals surface area (Å²) in [5.41, 5.74) is 4.71. The van der Waals surface area contributed by atoms with Crippen molar-refractivity contribution in [2.45, 2.75) is 13.8 Å². The quantitative estimate of drug-likeness (QED) is 0.523. The molecule has 0 aliphatic rings. The van der Waals surface area contributed by atoms with Crippen LogP contribution in [0, 0.1) is 13.8 Å². The number of rotatable bonds is 4. The van der Waals surface area contributed by atoms with Crippen molar-refractivity contribution in [2.24, 2.45) is 0 Å². The van der Waals surface area contributed by atoms with Crippen molar-refractivity contribution in [1.29, 1.82) is 0 Å². The fourth-order valence-electron chi connectivity index (χ4n) is 2.86. The highest BCUT2D eigenvalue weighted by molar-refractivity contribution is 7.19. The fraction of sp³-hybridized carbons (Fsp3) is 0.0952. The average Bonchev–Trinajstić information content (AvgIpc) is 3.34. The smallest absolute Gasteiger partial charge is 0.256 e. The van der Waals surface area contributed by atoms with E-state index >= 15 is 0 Å². The van der Waals surface area contributed by atoms with E-state index in [0.29, 0.717) is 5.56 Å². The number of thiophene rings is 1. The van der Waals surface area contributed by atoms with Gasteiger partial charge >= 0.3 is 0 Å². The average molecular weight is 375 g/mol. The van der Waals surface area contributed by atoms with Crippen LogP contribution in [0.4, 0.5) is 5.00 Å². The first-order valence-electron chi connectivity index (χ1n) is 8.46. The van der Waals surface area contributed by atoms with Gasteiger partial charge in [0.2, 0.25) is 0 Å². The number of aryl methyl sites for hydroxylation is 2. The summed E-state index contributed by atoms with van der Waals surface area (Å²) in [6, 6.07) is 13.7. The van der Waals surface area contributed by atoms with E-state index in [2.05, 4.69) is 34.5 Å². The molecule has 6 heteroatoms. The van der Waals surface area contributed by atoms with Gasteiger partial charge in [0.05, 0.1) is 11.2 Å². The summed E-state index contributed by atoms with van der Waals surface area (Å²) in [5, 5.41) is 7.55. The van der Waals surface area contributed by atoms with Crippen LogP contribution in [-0.2, 0) is 0 Å². The Labute approximate surface area is 160 Å². The Morgan fingerprint density at radius 3 is 2.70 bits per heavy atom. The maximum Gasteiger partial charge on any atom is 0.256 e. The molecule has 4 rings (SSSR count). The minimum absolute atomic E-state index is 0.129. The summed E-state index contributed by atoms with van der Waals surface area (Å²) in [6.07, 6.45) is 4.95. The lowest BCUT2D eigenvalue weighted by molar-refractivity contribution is 0.102. The van der Waals surface area contributed by atoms with E-state index < -0.39 is 0 Å². The maximum atomic E-state index is 12.5. The predicted molar refractivity (Wildman–Crippen MR) is 107 cm³/mol. The Kier molecular flexibility index (Phi) is 4.56. The molecule has 0 aliphatic carbocycles. The third kappa shape index (κ3) is 3.52. The third-order valence-corrected chi connectivity index (χ3v) is 5.37. The van der Waals surface area contributed by atoms with Crippen LogP contribution in [0.1, 0.15) is 21.5 Å². The molecular weight excluding hydrogens is 358 g/mol. The van der Waals surface area contributed by atoms with Crippen LogP contribution in [0.3, 0.4) is 0 Å². The number of hydrogen-bond acceptors (Lipinski definition) is 5. The molecule has 0 bridgehead atoms. The lowest BCUT2D eigenvalue weighted by Gasteiger charge is -2.06. The van der Waals surface area contributed by atoms with Crippen molar-refractivity contribution in [2.75, 3.05) is 5.32 Å². The van der Waals surface area contributed by atoms with Gasteiger partial charge in [0.15, 0.2) is 5.76 Å². The number of anilines is 1. The summed E-state index contributed by atoms with van der Waals surface area (Å²) < 4.78 is 5.26. The normalized spacial score (nSPS) is 10.7. The minimum atomic E-state index is -0.129. The molecule has 0 unspecified atom stereocenters. The third-order valence-electron chi connectivity index (χ3n) is 4.33. The standard InChI is InChI=1S/C21H17N3O2S/c1-13-3-4-15(18-8-10-23-26-18)11-17(13)19-5-6-20(27-19)24-21(25)16-7-9-22-12-14(16)2/h3-12H,1-2H3,(H,24,25). The van der Waals surface area contributed by atoms with Gasteiger partial charge in [-0.15, -0.1) is 11.3 Å². The molecule has 3 heterocycles. The Hall–Kier alpha value is -3.25. The number of benzene rings is 1. The van der Waals surface area contributed by atoms with Gasteiger partial charge < -0.3 is 9.84 Å². The molecular formula is C21H17N3O2S. The van der Waals surface area contributed by atoms with Gasteiger partial charge in [0, 0.05) is 34.5 Å². The molecule has 4 aromatic rings. The van der Waals surface area contributed by atoms with E-state index in [1.165, 1.54) is 0 Å². The number of nitrogens with zero attached hydrogens (tertiary/aromatic N) is 2. The highest BCUT2D eigenvalue weighted by Crippen LogP contribution is 2.36. The second-order valence-electron chi connectivity index (χ2n) is 6.22. The first kappa shape index (κ1) is 17.2. The zero-order valence-corrected chi connectivity index (χ0v) is 15.7. The van der Waals surface area contributed by atoms with Gasteiger partial charge in [0.1, 0.15) is 0 Å². The Morgan fingerprint density at radius 1 is 1.04 bits per heavy atom. The second kappa shape index (κ2) is 7.17. The number of pyridine rings is 1. The summed E-state index contributed by atoms with van der Waals surface area (Å²) in [4.78, 5) is 17.6. The molecule has 1 amide bonds. The monoisotopic (exact) mass is 375 g/mol. The van der Waals surface area contributed by atoms with Crippen molar-refractivity contribution in [1.82, 2.24) is 10.1 Å². The van der Waals surface area contributed by atoms with Crippen LogP contribution in [-0.4, -0.2) is 16.0 Å². The van der Waals surface area contributed by atoms with E-state index in [1.54, 1.807) is 36.0 Å². The highest BCUT2D eigenvalue weighted by atomic mass is 32.1. The Bertz CT molecular complexity index is 1100. The zero-order chi connectivity index (χ0) is 18.8. The van der Waals surface area contributed by atoms with E-state index in [9.17, 15) is 4.79 Å². The molecule has 0 atom stereocenters. The number of hydrogen-bond donors (Lipinski definition) is 1. The summed E-state index contributed by atoms with van der Waals surface area (Å²) >= 11 is 1.54. The number of nitrogens with one attached hydrogen (secondary N) is 1. The zero-order valence-electron chi connectivity index (χ0n) is 14.9. The number of aromatic nitrogens is 2. The van der Waals surface area contributed by atoms with Crippen LogP contribution in [0.25, 0.3) is 21.8 Å². The molecule has 0 saturated heterocycles. The van der Waals surface area contributed by atoms with Gasteiger partial charge in [-0.3, -0.25) is 9.78 Å². The largest absolute Gasteiger partial charge is 0.356 e. The van der Waals surface area contributed by atoms with Crippen molar-refractivity contribution < 1.29 is 9.32 Å². The van der Waals surface area contributed by atoms with Gasteiger partial charge in [-0.05, 0) is 54.8 Å². The lowest BCUT2D eigenvalue weighted by atomic mass is 10.0. The van der Waals surface area contributed by atoms with Crippen molar-refractivity contribution in [3.05, 3.63) is 77.7 Å². The molecule has 1 N–H and O–H groups in total.